The molecule has 3 nitrogen and oxygen atoms in total. The zero-order chi connectivity index (χ0) is 9.71. The van der Waals surface area contributed by atoms with E-state index in [-0.39, 0.29) is 5.02 Å². The SMILES string of the molecule is Fc1cc2c(cc1Cl)nnn2C1CC1. The molecule has 0 saturated heterocycles. The van der Waals surface area contributed by atoms with E-state index >= 15 is 0 Å². The molecule has 14 heavy (non-hydrogen) atoms. The van der Waals surface area contributed by atoms with Crippen molar-refractivity contribution in [3.05, 3.63) is 23.0 Å². The first-order valence-corrected chi connectivity index (χ1v) is 4.83. The minimum Gasteiger partial charge on any atom is -0.241 e. The van der Waals surface area contributed by atoms with Gasteiger partial charge >= 0.3 is 0 Å². The third-order valence-electron chi connectivity index (χ3n) is 2.41. The third kappa shape index (κ3) is 1.10. The number of aromatic nitrogens is 3. The predicted octanol–water partition coefficient (Wildman–Crippen LogP) is 2.56. The van der Waals surface area contributed by atoms with E-state index in [0.29, 0.717) is 11.6 Å². The lowest BCUT2D eigenvalue weighted by molar-refractivity contribution is 0.616. The molecule has 1 aliphatic rings. The molecule has 0 atom stereocenters. The van der Waals surface area contributed by atoms with E-state index in [0.717, 1.165) is 18.4 Å². The van der Waals surface area contributed by atoms with Gasteiger partial charge in [0.2, 0.25) is 0 Å². The van der Waals surface area contributed by atoms with Crippen LogP contribution >= 0.6 is 11.6 Å². The third-order valence-corrected chi connectivity index (χ3v) is 2.70. The van der Waals surface area contributed by atoms with E-state index in [2.05, 4.69) is 10.3 Å². The van der Waals surface area contributed by atoms with Crippen LogP contribution in [0.4, 0.5) is 4.39 Å². The molecule has 1 saturated carbocycles. The maximum atomic E-state index is 13.2. The van der Waals surface area contributed by atoms with E-state index in [9.17, 15) is 4.39 Å². The Morgan fingerprint density at radius 1 is 1.43 bits per heavy atom. The molecular weight excluding hydrogens is 205 g/mol. The smallest absolute Gasteiger partial charge is 0.144 e. The number of hydrogen-bond donors (Lipinski definition) is 0. The Morgan fingerprint density at radius 2 is 2.21 bits per heavy atom. The molecule has 1 aromatic carbocycles. The number of halogens is 2. The van der Waals surface area contributed by atoms with Crippen molar-refractivity contribution in [3.63, 3.8) is 0 Å². The Kier molecular flexibility index (Phi) is 1.56. The first-order chi connectivity index (χ1) is 6.75. The maximum Gasteiger partial charge on any atom is 0.144 e. The van der Waals surface area contributed by atoms with Crippen LogP contribution in [0.3, 0.4) is 0 Å². The van der Waals surface area contributed by atoms with Crippen LogP contribution in [0.15, 0.2) is 12.1 Å². The minimum atomic E-state index is -0.414. The number of rotatable bonds is 1. The van der Waals surface area contributed by atoms with E-state index in [1.165, 1.54) is 12.1 Å². The van der Waals surface area contributed by atoms with Gasteiger partial charge in [0.15, 0.2) is 0 Å². The van der Waals surface area contributed by atoms with Gasteiger partial charge < -0.3 is 0 Å². The molecule has 5 heteroatoms. The van der Waals surface area contributed by atoms with Gasteiger partial charge in [-0.15, -0.1) is 5.10 Å². The number of hydrogen-bond acceptors (Lipinski definition) is 2. The molecule has 0 spiro atoms. The van der Waals surface area contributed by atoms with Gasteiger partial charge in [-0.3, -0.25) is 0 Å². The summed E-state index contributed by atoms with van der Waals surface area (Å²) in [5, 5.41) is 8.02. The summed E-state index contributed by atoms with van der Waals surface area (Å²) in [4.78, 5) is 0. The van der Waals surface area contributed by atoms with Crippen LogP contribution in [0.25, 0.3) is 11.0 Å². The van der Waals surface area contributed by atoms with Crippen LogP contribution in [0.1, 0.15) is 18.9 Å². The average molecular weight is 212 g/mol. The second-order valence-electron chi connectivity index (χ2n) is 3.52. The van der Waals surface area contributed by atoms with Gasteiger partial charge in [-0.2, -0.15) is 0 Å². The van der Waals surface area contributed by atoms with Gasteiger partial charge in [-0.1, -0.05) is 16.8 Å². The van der Waals surface area contributed by atoms with Crippen LogP contribution in [-0.4, -0.2) is 15.0 Å². The van der Waals surface area contributed by atoms with Gasteiger partial charge in [0.05, 0.1) is 16.6 Å². The summed E-state index contributed by atoms with van der Waals surface area (Å²) in [7, 11) is 0. The largest absolute Gasteiger partial charge is 0.241 e. The van der Waals surface area contributed by atoms with E-state index in [1.54, 1.807) is 4.68 Å². The quantitative estimate of drug-likeness (QED) is 0.726. The molecule has 0 unspecified atom stereocenters. The van der Waals surface area contributed by atoms with Crippen molar-refractivity contribution in [1.29, 1.82) is 0 Å². The maximum absolute atomic E-state index is 13.2. The summed E-state index contributed by atoms with van der Waals surface area (Å²) >= 11 is 5.64. The predicted molar refractivity (Wildman–Crippen MR) is 50.8 cm³/mol. The highest BCUT2D eigenvalue weighted by molar-refractivity contribution is 6.31. The summed E-state index contributed by atoms with van der Waals surface area (Å²) in [6.45, 7) is 0. The summed E-state index contributed by atoms with van der Waals surface area (Å²) in [6, 6.07) is 3.31. The monoisotopic (exact) mass is 211 g/mol. The zero-order valence-corrected chi connectivity index (χ0v) is 8.00. The molecule has 0 radical (unpaired) electrons. The Morgan fingerprint density at radius 3 is 2.93 bits per heavy atom. The molecule has 3 rings (SSSR count). The van der Waals surface area contributed by atoms with Gasteiger partial charge in [0.25, 0.3) is 0 Å². The topological polar surface area (TPSA) is 30.7 Å². The van der Waals surface area contributed by atoms with Gasteiger partial charge in [-0.05, 0) is 18.9 Å². The van der Waals surface area contributed by atoms with Crippen molar-refractivity contribution < 1.29 is 4.39 Å². The van der Waals surface area contributed by atoms with Crippen LogP contribution < -0.4 is 0 Å². The molecule has 1 heterocycles. The second kappa shape index (κ2) is 2.67. The van der Waals surface area contributed by atoms with Crippen LogP contribution in [0.2, 0.25) is 5.02 Å². The zero-order valence-electron chi connectivity index (χ0n) is 7.24. The Labute approximate surface area is 84.5 Å². The normalized spacial score (nSPS) is 16.4. The van der Waals surface area contributed by atoms with Crippen molar-refractivity contribution in [2.75, 3.05) is 0 Å². The minimum absolute atomic E-state index is 0.0975. The van der Waals surface area contributed by atoms with Gasteiger partial charge in [-0.25, -0.2) is 9.07 Å². The number of nitrogens with zero attached hydrogens (tertiary/aromatic N) is 3. The van der Waals surface area contributed by atoms with Crippen LogP contribution in [-0.2, 0) is 0 Å². The van der Waals surface area contributed by atoms with Gasteiger partial charge in [0.1, 0.15) is 11.3 Å². The molecule has 2 aromatic rings. The lowest BCUT2D eigenvalue weighted by Crippen LogP contribution is -1.95. The first-order valence-electron chi connectivity index (χ1n) is 4.45. The molecule has 72 valence electrons. The van der Waals surface area contributed by atoms with Crippen molar-refractivity contribution in [2.45, 2.75) is 18.9 Å². The molecule has 0 aliphatic heterocycles. The molecule has 0 amide bonds. The van der Waals surface area contributed by atoms with E-state index in [4.69, 9.17) is 11.6 Å². The molecule has 0 bridgehead atoms. The number of benzene rings is 1. The second-order valence-corrected chi connectivity index (χ2v) is 3.93. The van der Waals surface area contributed by atoms with Crippen molar-refractivity contribution >= 4 is 22.6 Å². The van der Waals surface area contributed by atoms with Crippen LogP contribution in [0.5, 0.6) is 0 Å². The molecular formula is C9H7ClFN3. The summed E-state index contributed by atoms with van der Waals surface area (Å²) in [6.07, 6.45) is 2.20. The fourth-order valence-corrected chi connectivity index (χ4v) is 1.68. The molecule has 1 aromatic heterocycles. The van der Waals surface area contributed by atoms with Crippen molar-refractivity contribution in [2.24, 2.45) is 0 Å². The summed E-state index contributed by atoms with van der Waals surface area (Å²) in [5.74, 6) is -0.414. The highest BCUT2D eigenvalue weighted by atomic mass is 35.5. The Balaban J connectivity index is 2.29. The highest BCUT2D eigenvalue weighted by Gasteiger charge is 2.26. The standard InChI is InChI=1S/C9H7ClFN3/c10-6-3-8-9(4-7(6)11)14(13-12-8)5-1-2-5/h3-5H,1-2H2. The van der Waals surface area contributed by atoms with Crippen molar-refractivity contribution in [1.82, 2.24) is 15.0 Å². The average Bonchev–Trinajstić information content (AvgIpc) is 2.91. The van der Waals surface area contributed by atoms with Crippen LogP contribution in [0, 0.1) is 5.82 Å². The summed E-state index contributed by atoms with van der Waals surface area (Å²) in [5.41, 5.74) is 1.39. The lowest BCUT2D eigenvalue weighted by atomic mass is 10.3. The fourth-order valence-electron chi connectivity index (χ4n) is 1.52. The van der Waals surface area contributed by atoms with E-state index in [1.807, 2.05) is 0 Å². The molecule has 0 N–H and O–H groups in total. The Bertz CT molecular complexity index is 504. The molecule has 1 fully saturated rings. The Hall–Kier alpha value is -1.16. The summed E-state index contributed by atoms with van der Waals surface area (Å²) < 4.78 is 15.0. The van der Waals surface area contributed by atoms with Gasteiger partial charge in [0, 0.05) is 6.07 Å². The first kappa shape index (κ1) is 8.17. The molecule has 1 aliphatic carbocycles. The van der Waals surface area contributed by atoms with Crippen molar-refractivity contribution in [3.8, 4) is 0 Å². The highest BCUT2D eigenvalue weighted by Crippen LogP contribution is 2.36. The lowest BCUT2D eigenvalue weighted by Gasteiger charge is -1.98. The number of fused-ring (bicyclic) bond motifs is 1. The fraction of sp³-hybridized carbons (Fsp3) is 0.333. The van der Waals surface area contributed by atoms with E-state index < -0.39 is 5.82 Å².